The van der Waals surface area contributed by atoms with Crippen LogP contribution in [0.1, 0.15) is 57.8 Å². The highest BCUT2D eigenvalue weighted by molar-refractivity contribution is 5.66. The minimum absolute atomic E-state index is 0.131. The van der Waals surface area contributed by atoms with Crippen LogP contribution in [0.5, 0.6) is 0 Å². The molecule has 0 bridgehead atoms. The molecule has 4 nitrogen and oxygen atoms in total. The first-order valence-corrected chi connectivity index (χ1v) is 8.80. The van der Waals surface area contributed by atoms with E-state index in [1.807, 2.05) is 0 Å². The van der Waals surface area contributed by atoms with Crippen LogP contribution in [0, 0.1) is 11.8 Å². The summed E-state index contributed by atoms with van der Waals surface area (Å²) >= 11 is 0. The molecule has 1 heterocycles. The quantitative estimate of drug-likeness (QED) is 0.818. The first-order chi connectivity index (χ1) is 10.2. The number of hydrogen-bond donors (Lipinski definition) is 1. The molecule has 0 radical (unpaired) electrons. The number of rotatable bonds is 6. The lowest BCUT2D eigenvalue weighted by molar-refractivity contribution is -0.138. The molecule has 2 aliphatic carbocycles. The van der Waals surface area contributed by atoms with Crippen LogP contribution in [0.25, 0.3) is 0 Å². The minimum atomic E-state index is -0.763. The summed E-state index contributed by atoms with van der Waals surface area (Å²) in [5.41, 5.74) is 0. The predicted octanol–water partition coefficient (Wildman–Crippen LogP) is 2.91. The van der Waals surface area contributed by atoms with Crippen LogP contribution in [0.15, 0.2) is 0 Å². The molecule has 120 valence electrons. The maximum absolute atomic E-state index is 10.5. The van der Waals surface area contributed by atoms with E-state index in [1.165, 1.54) is 38.5 Å². The number of carbonyl (C=O) groups is 1. The molecule has 2 unspecified atom stereocenters. The number of aliphatic carboxylic acids is 1. The molecule has 21 heavy (non-hydrogen) atoms. The van der Waals surface area contributed by atoms with Crippen LogP contribution in [-0.2, 0) is 9.53 Å². The summed E-state index contributed by atoms with van der Waals surface area (Å²) in [5.74, 6) is 1.30. The summed E-state index contributed by atoms with van der Waals surface area (Å²) in [6.07, 6.45) is 11.2. The van der Waals surface area contributed by atoms with Crippen LogP contribution in [0.2, 0.25) is 0 Å². The molecule has 0 aromatic carbocycles. The van der Waals surface area contributed by atoms with E-state index < -0.39 is 5.97 Å². The molecule has 0 amide bonds. The first kappa shape index (κ1) is 15.3. The van der Waals surface area contributed by atoms with Gasteiger partial charge in [-0.2, -0.15) is 0 Å². The highest BCUT2D eigenvalue weighted by Crippen LogP contribution is 2.45. The van der Waals surface area contributed by atoms with E-state index in [0.29, 0.717) is 6.61 Å². The minimum Gasteiger partial charge on any atom is -0.481 e. The largest absolute Gasteiger partial charge is 0.481 e. The van der Waals surface area contributed by atoms with Crippen molar-refractivity contribution in [1.82, 2.24) is 4.90 Å². The topological polar surface area (TPSA) is 49.8 Å². The SMILES string of the molecule is O=C(O)CCOC1CCN(C2CCCC(C3CC3)C2)CC1. The van der Waals surface area contributed by atoms with Gasteiger partial charge in [0.2, 0.25) is 0 Å². The normalized spacial score (nSPS) is 32.2. The van der Waals surface area contributed by atoms with E-state index >= 15 is 0 Å². The van der Waals surface area contributed by atoms with Gasteiger partial charge in [-0.25, -0.2) is 0 Å². The van der Waals surface area contributed by atoms with Gasteiger partial charge in [-0.1, -0.05) is 12.8 Å². The van der Waals surface area contributed by atoms with Crippen molar-refractivity contribution in [3.63, 3.8) is 0 Å². The van der Waals surface area contributed by atoms with Crippen molar-refractivity contribution >= 4 is 5.97 Å². The fraction of sp³-hybridized carbons (Fsp3) is 0.941. The Labute approximate surface area is 127 Å². The zero-order valence-electron chi connectivity index (χ0n) is 13.0. The van der Waals surface area contributed by atoms with E-state index in [0.717, 1.165) is 43.8 Å². The molecule has 0 spiro atoms. The lowest BCUT2D eigenvalue weighted by atomic mass is 9.81. The average molecular weight is 295 g/mol. The van der Waals surface area contributed by atoms with E-state index in [9.17, 15) is 4.79 Å². The zero-order valence-corrected chi connectivity index (χ0v) is 13.0. The average Bonchev–Trinajstić information content (AvgIpc) is 3.32. The second-order valence-corrected chi connectivity index (χ2v) is 7.17. The molecule has 1 saturated heterocycles. The van der Waals surface area contributed by atoms with Gasteiger partial charge >= 0.3 is 5.97 Å². The van der Waals surface area contributed by atoms with Gasteiger partial charge in [0.1, 0.15) is 0 Å². The van der Waals surface area contributed by atoms with Gasteiger partial charge in [0.05, 0.1) is 19.1 Å². The third kappa shape index (κ3) is 4.43. The Bertz CT molecular complexity index is 348. The van der Waals surface area contributed by atoms with Crippen molar-refractivity contribution < 1.29 is 14.6 Å². The van der Waals surface area contributed by atoms with Gasteiger partial charge in [0, 0.05) is 19.1 Å². The Morgan fingerprint density at radius 1 is 1.05 bits per heavy atom. The fourth-order valence-electron chi connectivity index (χ4n) is 4.25. The number of carboxylic acids is 1. The summed E-state index contributed by atoms with van der Waals surface area (Å²) in [6.45, 7) is 2.65. The second-order valence-electron chi connectivity index (χ2n) is 7.17. The van der Waals surface area contributed by atoms with Crippen molar-refractivity contribution in [3.8, 4) is 0 Å². The van der Waals surface area contributed by atoms with Gasteiger partial charge in [-0.05, 0) is 50.4 Å². The predicted molar refractivity (Wildman–Crippen MR) is 81.3 cm³/mol. The maximum atomic E-state index is 10.5. The van der Waals surface area contributed by atoms with Crippen molar-refractivity contribution in [2.75, 3.05) is 19.7 Å². The molecule has 0 aromatic rings. The van der Waals surface area contributed by atoms with Crippen LogP contribution >= 0.6 is 0 Å². The van der Waals surface area contributed by atoms with Crippen molar-refractivity contribution in [2.45, 2.75) is 69.9 Å². The Balaban J connectivity index is 1.37. The van der Waals surface area contributed by atoms with Crippen molar-refractivity contribution in [2.24, 2.45) is 11.8 Å². The summed E-state index contributed by atoms with van der Waals surface area (Å²) in [6, 6.07) is 0.810. The molecule has 3 fully saturated rings. The third-order valence-corrected chi connectivity index (χ3v) is 5.64. The summed E-state index contributed by atoms with van der Waals surface area (Å²) in [5, 5.41) is 8.64. The third-order valence-electron chi connectivity index (χ3n) is 5.64. The van der Waals surface area contributed by atoms with E-state index in [-0.39, 0.29) is 12.5 Å². The lowest BCUT2D eigenvalue weighted by Gasteiger charge is -2.41. The van der Waals surface area contributed by atoms with Crippen molar-refractivity contribution in [3.05, 3.63) is 0 Å². The smallest absolute Gasteiger partial charge is 0.305 e. The standard InChI is InChI=1S/C17H29NO3/c19-17(20)8-11-21-16-6-9-18(10-7-16)15-3-1-2-14(12-15)13-4-5-13/h13-16H,1-12H2,(H,19,20). The van der Waals surface area contributed by atoms with Crippen LogP contribution in [0.4, 0.5) is 0 Å². The number of carboxylic acid groups (broad SMARTS) is 1. The summed E-state index contributed by atoms with van der Waals surface area (Å²) in [4.78, 5) is 13.2. The molecule has 3 rings (SSSR count). The number of hydrogen-bond acceptors (Lipinski definition) is 3. The molecule has 4 heteroatoms. The maximum Gasteiger partial charge on any atom is 0.305 e. The molecule has 1 N–H and O–H groups in total. The second kappa shape index (κ2) is 7.10. The molecular weight excluding hydrogens is 266 g/mol. The van der Waals surface area contributed by atoms with E-state index in [1.54, 1.807) is 0 Å². The van der Waals surface area contributed by atoms with Gasteiger partial charge in [0.15, 0.2) is 0 Å². The number of ether oxygens (including phenoxy) is 1. The van der Waals surface area contributed by atoms with Gasteiger partial charge < -0.3 is 14.7 Å². The van der Waals surface area contributed by atoms with Crippen LogP contribution in [0.3, 0.4) is 0 Å². The monoisotopic (exact) mass is 295 g/mol. The summed E-state index contributed by atoms with van der Waals surface area (Å²) < 4.78 is 5.69. The Kier molecular flexibility index (Phi) is 5.17. The fourth-order valence-corrected chi connectivity index (χ4v) is 4.25. The molecule has 1 aliphatic heterocycles. The summed E-state index contributed by atoms with van der Waals surface area (Å²) in [7, 11) is 0. The lowest BCUT2D eigenvalue weighted by Crippen LogP contribution is -2.45. The van der Waals surface area contributed by atoms with Gasteiger partial charge in [0.25, 0.3) is 0 Å². The highest BCUT2D eigenvalue weighted by atomic mass is 16.5. The van der Waals surface area contributed by atoms with E-state index in [2.05, 4.69) is 4.90 Å². The van der Waals surface area contributed by atoms with Gasteiger partial charge in [-0.15, -0.1) is 0 Å². The number of piperidine rings is 1. The van der Waals surface area contributed by atoms with Crippen LogP contribution in [-0.4, -0.2) is 47.8 Å². The Hall–Kier alpha value is -0.610. The molecule has 3 aliphatic rings. The number of nitrogens with zero attached hydrogens (tertiary/aromatic N) is 1. The Morgan fingerprint density at radius 3 is 2.48 bits per heavy atom. The first-order valence-electron chi connectivity index (χ1n) is 8.80. The van der Waals surface area contributed by atoms with Crippen molar-refractivity contribution in [1.29, 1.82) is 0 Å². The molecule has 2 saturated carbocycles. The highest BCUT2D eigenvalue weighted by Gasteiger charge is 2.37. The molecule has 0 aromatic heterocycles. The molecular formula is C17H29NO3. The van der Waals surface area contributed by atoms with Gasteiger partial charge in [-0.3, -0.25) is 4.79 Å². The Morgan fingerprint density at radius 2 is 1.81 bits per heavy atom. The van der Waals surface area contributed by atoms with E-state index in [4.69, 9.17) is 9.84 Å². The zero-order chi connectivity index (χ0) is 14.7. The van der Waals surface area contributed by atoms with Crippen LogP contribution < -0.4 is 0 Å². The molecule has 2 atom stereocenters. The number of likely N-dealkylation sites (tertiary alicyclic amines) is 1.